The molecular weight excluding hydrogens is 332 g/mol. The number of nitrogens with zero attached hydrogens (tertiary/aromatic N) is 4. The zero-order valence-corrected chi connectivity index (χ0v) is 15.0. The summed E-state index contributed by atoms with van der Waals surface area (Å²) in [6.07, 6.45) is 1.65. The van der Waals surface area contributed by atoms with Crippen LogP contribution in [0.2, 0.25) is 0 Å². The van der Waals surface area contributed by atoms with E-state index in [-0.39, 0.29) is 18.9 Å². The molecule has 1 N–H and O–H groups in total. The van der Waals surface area contributed by atoms with Crippen LogP contribution >= 0.6 is 0 Å². The molecule has 0 saturated carbocycles. The largest absolute Gasteiger partial charge is 0.481 e. The number of aromatic nitrogens is 2. The van der Waals surface area contributed by atoms with Crippen molar-refractivity contribution in [3.05, 3.63) is 53.3 Å². The molecule has 7 heteroatoms. The number of hydrogen-bond donors (Lipinski definition) is 1. The smallest absolute Gasteiger partial charge is 0.305 e. The van der Waals surface area contributed by atoms with Crippen molar-refractivity contribution < 1.29 is 14.7 Å². The van der Waals surface area contributed by atoms with Gasteiger partial charge in [0.05, 0.1) is 13.0 Å². The summed E-state index contributed by atoms with van der Waals surface area (Å²) in [5, 5.41) is 12.9. The van der Waals surface area contributed by atoms with E-state index in [1.54, 1.807) is 12.3 Å². The standard InChI is InChI=1S/C19H24N4O3/c1-15-2-4-16(5-3-15)14-21-10-12-22(13-11-21)19(26)17-6-8-23(20-17)9-7-18(24)25/h2-6,8H,7,9-14H2,1H3,(H,24,25). The monoisotopic (exact) mass is 356 g/mol. The van der Waals surface area contributed by atoms with Crippen LogP contribution in [0.25, 0.3) is 0 Å². The molecule has 1 aromatic carbocycles. The van der Waals surface area contributed by atoms with Gasteiger partial charge in [0.25, 0.3) is 5.91 Å². The topological polar surface area (TPSA) is 78.7 Å². The number of carboxylic acid groups (broad SMARTS) is 1. The van der Waals surface area contributed by atoms with Crippen molar-refractivity contribution in [3.63, 3.8) is 0 Å². The Kier molecular flexibility index (Phi) is 5.68. The van der Waals surface area contributed by atoms with Crippen LogP contribution in [-0.4, -0.2) is 62.7 Å². The van der Waals surface area contributed by atoms with Crippen molar-refractivity contribution in [3.8, 4) is 0 Å². The Morgan fingerprint density at radius 2 is 1.77 bits per heavy atom. The highest BCUT2D eigenvalue weighted by molar-refractivity contribution is 5.92. The lowest BCUT2D eigenvalue weighted by Gasteiger charge is -2.34. The van der Waals surface area contributed by atoms with E-state index in [1.165, 1.54) is 15.8 Å². The predicted octanol–water partition coefficient (Wildman–Crippen LogP) is 1.62. The van der Waals surface area contributed by atoms with Crippen LogP contribution in [0.5, 0.6) is 0 Å². The molecule has 0 atom stereocenters. The van der Waals surface area contributed by atoms with E-state index in [0.717, 1.165) is 19.6 Å². The zero-order chi connectivity index (χ0) is 18.5. The lowest BCUT2D eigenvalue weighted by atomic mass is 10.1. The van der Waals surface area contributed by atoms with E-state index in [1.807, 2.05) is 4.90 Å². The van der Waals surface area contributed by atoms with E-state index in [0.29, 0.717) is 18.8 Å². The maximum absolute atomic E-state index is 12.6. The quantitative estimate of drug-likeness (QED) is 0.851. The third kappa shape index (κ3) is 4.70. The molecule has 1 fully saturated rings. The van der Waals surface area contributed by atoms with Crippen molar-refractivity contribution >= 4 is 11.9 Å². The molecule has 0 bridgehead atoms. The summed E-state index contributed by atoms with van der Waals surface area (Å²) in [5.74, 6) is -0.966. The van der Waals surface area contributed by atoms with E-state index >= 15 is 0 Å². The molecule has 0 aliphatic carbocycles. The van der Waals surface area contributed by atoms with Gasteiger partial charge >= 0.3 is 5.97 Å². The molecule has 7 nitrogen and oxygen atoms in total. The second kappa shape index (κ2) is 8.14. The lowest BCUT2D eigenvalue weighted by molar-refractivity contribution is -0.137. The van der Waals surface area contributed by atoms with Gasteiger partial charge in [-0.15, -0.1) is 0 Å². The van der Waals surface area contributed by atoms with Crippen LogP contribution in [0.4, 0.5) is 0 Å². The fourth-order valence-corrected chi connectivity index (χ4v) is 3.03. The zero-order valence-electron chi connectivity index (χ0n) is 15.0. The van der Waals surface area contributed by atoms with E-state index in [9.17, 15) is 9.59 Å². The number of aryl methyl sites for hydroxylation is 2. The van der Waals surface area contributed by atoms with Gasteiger partial charge in [-0.3, -0.25) is 19.2 Å². The summed E-state index contributed by atoms with van der Waals surface area (Å²) in [4.78, 5) is 27.3. The second-order valence-electron chi connectivity index (χ2n) is 6.66. The van der Waals surface area contributed by atoms with Gasteiger partial charge in [-0.25, -0.2) is 0 Å². The minimum atomic E-state index is -0.877. The molecule has 2 heterocycles. The molecule has 0 radical (unpaired) electrons. The number of carbonyl (C=O) groups is 2. The van der Waals surface area contributed by atoms with Crippen molar-refractivity contribution in [2.45, 2.75) is 26.4 Å². The molecule has 1 saturated heterocycles. The minimum absolute atomic E-state index is 0.00695. The van der Waals surface area contributed by atoms with Gasteiger partial charge in [0.2, 0.25) is 0 Å². The first-order valence-corrected chi connectivity index (χ1v) is 8.84. The van der Waals surface area contributed by atoms with Gasteiger partial charge in [0.15, 0.2) is 0 Å². The summed E-state index contributed by atoms with van der Waals surface area (Å²) in [5.41, 5.74) is 2.92. The number of rotatable bonds is 6. The Morgan fingerprint density at radius 3 is 2.42 bits per heavy atom. The first kappa shape index (κ1) is 18.1. The predicted molar refractivity (Wildman–Crippen MR) is 96.8 cm³/mol. The van der Waals surface area contributed by atoms with Gasteiger partial charge in [-0.2, -0.15) is 5.10 Å². The molecule has 0 unspecified atom stereocenters. The van der Waals surface area contributed by atoms with E-state index in [2.05, 4.69) is 41.2 Å². The number of carboxylic acids is 1. The van der Waals surface area contributed by atoms with Gasteiger partial charge in [-0.1, -0.05) is 29.8 Å². The van der Waals surface area contributed by atoms with Crippen LogP contribution in [0.1, 0.15) is 28.0 Å². The van der Waals surface area contributed by atoms with Gasteiger partial charge in [0.1, 0.15) is 5.69 Å². The molecule has 26 heavy (non-hydrogen) atoms. The maximum atomic E-state index is 12.6. The fourth-order valence-electron chi connectivity index (χ4n) is 3.03. The number of aliphatic carboxylic acids is 1. The number of benzene rings is 1. The highest BCUT2D eigenvalue weighted by Gasteiger charge is 2.23. The molecule has 1 amide bonds. The molecule has 1 aliphatic rings. The Labute approximate surface area is 152 Å². The third-order valence-corrected chi connectivity index (χ3v) is 4.60. The average Bonchev–Trinajstić information content (AvgIpc) is 3.11. The van der Waals surface area contributed by atoms with Crippen LogP contribution in [0.3, 0.4) is 0 Å². The van der Waals surface area contributed by atoms with E-state index < -0.39 is 5.97 Å². The number of amides is 1. The summed E-state index contributed by atoms with van der Waals surface area (Å²) in [6, 6.07) is 10.2. The second-order valence-corrected chi connectivity index (χ2v) is 6.66. The lowest BCUT2D eigenvalue weighted by Crippen LogP contribution is -2.48. The third-order valence-electron chi connectivity index (χ3n) is 4.60. The molecule has 1 aliphatic heterocycles. The fraction of sp³-hybridized carbons (Fsp3) is 0.421. The van der Waals surface area contributed by atoms with Crippen molar-refractivity contribution in [2.24, 2.45) is 0 Å². The van der Waals surface area contributed by atoms with Crippen LogP contribution in [0.15, 0.2) is 36.5 Å². The van der Waals surface area contributed by atoms with Crippen LogP contribution < -0.4 is 0 Å². The Bertz CT molecular complexity index is 761. The van der Waals surface area contributed by atoms with Crippen LogP contribution in [-0.2, 0) is 17.9 Å². The molecule has 0 spiro atoms. The van der Waals surface area contributed by atoms with Crippen molar-refractivity contribution in [1.82, 2.24) is 19.6 Å². The summed E-state index contributed by atoms with van der Waals surface area (Å²) >= 11 is 0. The maximum Gasteiger partial charge on any atom is 0.305 e. The summed E-state index contributed by atoms with van der Waals surface area (Å²) < 4.78 is 1.51. The Hall–Kier alpha value is -2.67. The first-order valence-electron chi connectivity index (χ1n) is 8.84. The minimum Gasteiger partial charge on any atom is -0.481 e. The van der Waals surface area contributed by atoms with Crippen molar-refractivity contribution in [2.75, 3.05) is 26.2 Å². The van der Waals surface area contributed by atoms with Gasteiger partial charge < -0.3 is 10.0 Å². The average molecular weight is 356 g/mol. The SMILES string of the molecule is Cc1ccc(CN2CCN(C(=O)c3ccn(CCC(=O)O)n3)CC2)cc1. The molecule has 3 rings (SSSR count). The number of hydrogen-bond acceptors (Lipinski definition) is 4. The summed E-state index contributed by atoms with van der Waals surface area (Å²) in [6.45, 7) is 6.26. The van der Waals surface area contributed by atoms with Gasteiger partial charge in [0, 0.05) is 38.9 Å². The number of piperazine rings is 1. The van der Waals surface area contributed by atoms with E-state index in [4.69, 9.17) is 5.11 Å². The van der Waals surface area contributed by atoms with Gasteiger partial charge in [-0.05, 0) is 18.6 Å². The molecule has 138 valence electrons. The highest BCUT2D eigenvalue weighted by atomic mass is 16.4. The molecular formula is C19H24N4O3. The van der Waals surface area contributed by atoms with Crippen molar-refractivity contribution in [1.29, 1.82) is 0 Å². The Morgan fingerprint density at radius 1 is 1.08 bits per heavy atom. The highest BCUT2D eigenvalue weighted by Crippen LogP contribution is 2.12. The molecule has 2 aromatic rings. The normalized spacial score (nSPS) is 15.2. The Balaban J connectivity index is 1.50. The molecule has 1 aromatic heterocycles. The number of carbonyl (C=O) groups excluding carboxylic acids is 1. The summed E-state index contributed by atoms with van der Waals surface area (Å²) in [7, 11) is 0. The van der Waals surface area contributed by atoms with Crippen LogP contribution in [0, 0.1) is 6.92 Å². The first-order chi connectivity index (χ1) is 12.5.